The lowest BCUT2D eigenvalue weighted by molar-refractivity contribution is -0.142. The summed E-state index contributed by atoms with van der Waals surface area (Å²) in [6, 6.07) is 0.520. The molecule has 0 aliphatic carbocycles. The summed E-state index contributed by atoms with van der Waals surface area (Å²) < 4.78 is 41.9. The van der Waals surface area contributed by atoms with Gasteiger partial charge in [0.2, 0.25) is 0 Å². The summed E-state index contributed by atoms with van der Waals surface area (Å²) in [6.07, 6.45) is -2.18. The number of rotatable bonds is 1. The summed E-state index contributed by atoms with van der Waals surface area (Å²) in [5.41, 5.74) is -2.75. The number of nitrogens with zero attached hydrogens (tertiary/aromatic N) is 3. The molecule has 10 heteroatoms. The van der Waals surface area contributed by atoms with Crippen LogP contribution in [0.2, 0.25) is 0 Å². The van der Waals surface area contributed by atoms with E-state index < -0.39 is 34.5 Å². The second-order valence-electron chi connectivity index (χ2n) is 4.01. The van der Waals surface area contributed by atoms with Crippen molar-refractivity contribution in [2.45, 2.75) is 6.18 Å². The van der Waals surface area contributed by atoms with Crippen LogP contribution in [0, 0.1) is 0 Å². The molecule has 108 valence electrons. The highest BCUT2D eigenvalue weighted by atomic mass is 19.4. The van der Waals surface area contributed by atoms with E-state index in [-0.39, 0.29) is 11.2 Å². The van der Waals surface area contributed by atoms with Crippen LogP contribution in [0.5, 0.6) is 5.75 Å². The van der Waals surface area contributed by atoms with Crippen LogP contribution >= 0.6 is 0 Å². The molecule has 21 heavy (non-hydrogen) atoms. The average molecular weight is 298 g/mol. The molecule has 0 atom stereocenters. The number of hydrogen-bond donors (Lipinski definition) is 2. The van der Waals surface area contributed by atoms with Gasteiger partial charge in [0.15, 0.2) is 22.9 Å². The van der Waals surface area contributed by atoms with Gasteiger partial charge >= 0.3 is 6.18 Å². The lowest BCUT2D eigenvalue weighted by Crippen LogP contribution is -2.10. The van der Waals surface area contributed by atoms with Gasteiger partial charge in [0.1, 0.15) is 11.1 Å². The molecule has 0 aliphatic heterocycles. The fraction of sp³-hybridized carbons (Fsp3) is 0.0909. The zero-order chi connectivity index (χ0) is 15.2. The van der Waals surface area contributed by atoms with Crippen molar-refractivity contribution in [1.29, 1.82) is 0 Å². The number of fused-ring (bicyclic) bond motifs is 1. The number of nitrogens with one attached hydrogen (secondary N) is 1. The van der Waals surface area contributed by atoms with Crippen molar-refractivity contribution in [1.82, 2.24) is 20.1 Å². The van der Waals surface area contributed by atoms with Crippen molar-refractivity contribution < 1.29 is 22.8 Å². The first-order valence-corrected chi connectivity index (χ1v) is 5.48. The summed E-state index contributed by atoms with van der Waals surface area (Å²) in [7, 11) is 0. The van der Waals surface area contributed by atoms with E-state index in [2.05, 4.69) is 24.6 Å². The lowest BCUT2D eigenvalue weighted by atomic mass is 10.1. The predicted octanol–water partition coefficient (Wildman–Crippen LogP) is 1.70. The molecule has 7 nitrogen and oxygen atoms in total. The van der Waals surface area contributed by atoms with Gasteiger partial charge < -0.3 is 14.6 Å². The molecular formula is C11H5F3N4O3. The fourth-order valence-corrected chi connectivity index (χ4v) is 1.75. The SMILES string of the molecule is O=c1[nH]c2nccnc2c(O)c1-c1cc(C(F)(F)F)no1. The fourth-order valence-electron chi connectivity index (χ4n) is 1.75. The zero-order valence-electron chi connectivity index (χ0n) is 9.97. The maximum atomic E-state index is 12.5. The molecule has 0 unspecified atom stereocenters. The Balaban J connectivity index is 2.25. The molecule has 0 aliphatic rings. The van der Waals surface area contributed by atoms with Crippen molar-refractivity contribution in [2.75, 3.05) is 0 Å². The van der Waals surface area contributed by atoms with E-state index in [1.54, 1.807) is 0 Å². The number of halogens is 3. The molecule has 0 radical (unpaired) electrons. The molecule has 0 saturated carbocycles. The third kappa shape index (κ3) is 2.10. The van der Waals surface area contributed by atoms with Crippen LogP contribution in [0.1, 0.15) is 5.69 Å². The average Bonchev–Trinajstić information content (AvgIpc) is 2.88. The van der Waals surface area contributed by atoms with Crippen molar-refractivity contribution in [3.8, 4) is 17.1 Å². The van der Waals surface area contributed by atoms with Gasteiger partial charge in [-0.15, -0.1) is 0 Å². The predicted molar refractivity (Wildman–Crippen MR) is 62.3 cm³/mol. The smallest absolute Gasteiger partial charge is 0.436 e. The van der Waals surface area contributed by atoms with Crippen LogP contribution in [-0.2, 0) is 6.18 Å². The van der Waals surface area contributed by atoms with Gasteiger partial charge in [-0.05, 0) is 0 Å². The van der Waals surface area contributed by atoms with E-state index in [0.717, 1.165) is 0 Å². The molecule has 3 heterocycles. The molecule has 2 N–H and O–H groups in total. The van der Waals surface area contributed by atoms with Gasteiger partial charge in [-0.1, -0.05) is 5.16 Å². The third-order valence-electron chi connectivity index (χ3n) is 2.67. The van der Waals surface area contributed by atoms with Crippen LogP contribution in [0.15, 0.2) is 27.8 Å². The van der Waals surface area contributed by atoms with Crippen LogP contribution in [-0.4, -0.2) is 25.2 Å². The quantitative estimate of drug-likeness (QED) is 0.708. The van der Waals surface area contributed by atoms with Gasteiger partial charge in [0.25, 0.3) is 5.56 Å². The number of aromatic amines is 1. The number of alkyl halides is 3. The van der Waals surface area contributed by atoms with Gasteiger partial charge in [0, 0.05) is 18.5 Å². The van der Waals surface area contributed by atoms with E-state index in [1.165, 1.54) is 12.4 Å². The van der Waals surface area contributed by atoms with Crippen LogP contribution in [0.3, 0.4) is 0 Å². The molecule has 0 spiro atoms. The minimum absolute atomic E-state index is 0.000639. The Labute approximate surface area is 113 Å². The Kier molecular flexibility index (Phi) is 2.68. The Morgan fingerprint density at radius 1 is 1.24 bits per heavy atom. The van der Waals surface area contributed by atoms with E-state index in [1.807, 2.05) is 0 Å². The number of pyridine rings is 1. The van der Waals surface area contributed by atoms with E-state index in [4.69, 9.17) is 0 Å². The van der Waals surface area contributed by atoms with Gasteiger partial charge in [-0.3, -0.25) is 4.79 Å². The second kappa shape index (κ2) is 4.30. The van der Waals surface area contributed by atoms with Crippen molar-refractivity contribution in [2.24, 2.45) is 0 Å². The normalized spacial score (nSPS) is 12.0. The van der Waals surface area contributed by atoms with Crippen molar-refractivity contribution >= 4 is 11.2 Å². The Morgan fingerprint density at radius 2 is 1.95 bits per heavy atom. The second-order valence-corrected chi connectivity index (χ2v) is 4.01. The van der Waals surface area contributed by atoms with Crippen molar-refractivity contribution in [3.63, 3.8) is 0 Å². The third-order valence-corrected chi connectivity index (χ3v) is 2.67. The molecule has 3 aromatic rings. The molecule has 0 bridgehead atoms. The highest BCUT2D eigenvalue weighted by Gasteiger charge is 2.36. The Bertz CT molecular complexity index is 884. The molecule has 0 aromatic carbocycles. The lowest BCUT2D eigenvalue weighted by Gasteiger charge is -2.02. The summed E-state index contributed by atoms with van der Waals surface area (Å²) in [6.45, 7) is 0. The van der Waals surface area contributed by atoms with Crippen LogP contribution in [0.25, 0.3) is 22.5 Å². The Hall–Kier alpha value is -2.91. The molecule has 0 fully saturated rings. The summed E-state index contributed by atoms with van der Waals surface area (Å²) >= 11 is 0. The molecule has 3 aromatic heterocycles. The number of aromatic nitrogens is 4. The van der Waals surface area contributed by atoms with Crippen LogP contribution < -0.4 is 5.56 Å². The monoisotopic (exact) mass is 298 g/mol. The summed E-state index contributed by atoms with van der Waals surface area (Å²) in [4.78, 5) is 21.7. The topological polar surface area (TPSA) is 105 Å². The van der Waals surface area contributed by atoms with Gasteiger partial charge in [0.05, 0.1) is 0 Å². The first-order valence-electron chi connectivity index (χ1n) is 5.48. The number of H-pyrrole nitrogens is 1. The van der Waals surface area contributed by atoms with Crippen LogP contribution in [0.4, 0.5) is 13.2 Å². The molecule has 0 saturated heterocycles. The van der Waals surface area contributed by atoms with Gasteiger partial charge in [-0.25, -0.2) is 9.97 Å². The molecule has 0 amide bonds. The maximum Gasteiger partial charge on any atom is 0.436 e. The highest BCUT2D eigenvalue weighted by Crippen LogP contribution is 2.34. The summed E-state index contributed by atoms with van der Waals surface area (Å²) in [5, 5.41) is 12.8. The van der Waals surface area contributed by atoms with E-state index in [0.29, 0.717) is 6.07 Å². The maximum absolute atomic E-state index is 12.5. The first kappa shape index (κ1) is 13.1. The van der Waals surface area contributed by atoms with Crippen molar-refractivity contribution in [3.05, 3.63) is 34.5 Å². The van der Waals surface area contributed by atoms with E-state index in [9.17, 15) is 23.1 Å². The first-order chi connectivity index (χ1) is 9.88. The Morgan fingerprint density at radius 3 is 2.62 bits per heavy atom. The largest absolute Gasteiger partial charge is 0.505 e. The number of aromatic hydroxyl groups is 1. The zero-order valence-corrected chi connectivity index (χ0v) is 9.97. The highest BCUT2D eigenvalue weighted by molar-refractivity contribution is 5.85. The minimum atomic E-state index is -4.72. The van der Waals surface area contributed by atoms with E-state index >= 15 is 0 Å². The summed E-state index contributed by atoms with van der Waals surface area (Å²) in [5.74, 6) is -1.15. The number of hydrogen-bond acceptors (Lipinski definition) is 6. The standard InChI is InChI=1S/C11H5F3N4O3/c12-11(13,14)5-3-4(21-18-5)6-8(19)7-9(17-10(6)20)16-2-1-15-7/h1-3H,(H2,16,17,19,20). The minimum Gasteiger partial charge on any atom is -0.505 e. The van der Waals surface area contributed by atoms with Gasteiger partial charge in [-0.2, -0.15) is 13.2 Å². The molecule has 3 rings (SSSR count). The molecular weight excluding hydrogens is 293 g/mol.